The summed E-state index contributed by atoms with van der Waals surface area (Å²) in [6, 6.07) is 18.8. The summed E-state index contributed by atoms with van der Waals surface area (Å²) in [5.41, 5.74) is 3.07. The molecule has 150 valence electrons. The second kappa shape index (κ2) is 10.1. The molecule has 1 aromatic heterocycles. The Morgan fingerprint density at radius 2 is 1.79 bits per heavy atom. The maximum atomic E-state index is 12.6. The standard InChI is InChI=1S/C23H25N3O3/c1-3-17-6-4-5-7-21(17)26-23(27)22-16-18(12-13-25-22)24-14-15-29-20-10-8-19(28-2)9-11-20/h4-13,16H,3,14-15H2,1-2H3,(H,24,25)(H,26,27). The van der Waals surface area contributed by atoms with Gasteiger partial charge in [-0.1, -0.05) is 25.1 Å². The van der Waals surface area contributed by atoms with E-state index in [1.54, 1.807) is 19.4 Å². The number of pyridine rings is 1. The van der Waals surface area contributed by atoms with Gasteiger partial charge >= 0.3 is 0 Å². The molecule has 0 saturated carbocycles. The first-order valence-corrected chi connectivity index (χ1v) is 9.55. The van der Waals surface area contributed by atoms with Crippen molar-refractivity contribution in [1.82, 2.24) is 4.98 Å². The van der Waals surface area contributed by atoms with Gasteiger partial charge in [-0.05, 0) is 54.4 Å². The number of benzene rings is 2. The molecular formula is C23H25N3O3. The van der Waals surface area contributed by atoms with Crippen LogP contribution >= 0.6 is 0 Å². The second-order valence-corrected chi connectivity index (χ2v) is 6.35. The fourth-order valence-corrected chi connectivity index (χ4v) is 2.84. The summed E-state index contributed by atoms with van der Waals surface area (Å²) < 4.78 is 10.8. The van der Waals surface area contributed by atoms with E-state index in [2.05, 4.69) is 22.5 Å². The van der Waals surface area contributed by atoms with Gasteiger partial charge in [-0.2, -0.15) is 0 Å². The van der Waals surface area contributed by atoms with Crippen LogP contribution in [0, 0.1) is 0 Å². The number of anilines is 2. The zero-order chi connectivity index (χ0) is 20.5. The van der Waals surface area contributed by atoms with Crippen molar-refractivity contribution in [3.05, 3.63) is 78.1 Å². The average molecular weight is 391 g/mol. The molecule has 0 radical (unpaired) electrons. The van der Waals surface area contributed by atoms with Crippen LogP contribution in [0.3, 0.4) is 0 Å². The number of nitrogens with zero attached hydrogens (tertiary/aromatic N) is 1. The minimum Gasteiger partial charge on any atom is -0.497 e. The van der Waals surface area contributed by atoms with Gasteiger partial charge in [0.25, 0.3) is 5.91 Å². The SMILES string of the molecule is CCc1ccccc1NC(=O)c1cc(NCCOc2ccc(OC)cc2)ccn1. The van der Waals surface area contributed by atoms with E-state index in [1.165, 1.54) is 0 Å². The van der Waals surface area contributed by atoms with Crippen molar-refractivity contribution in [1.29, 1.82) is 0 Å². The largest absolute Gasteiger partial charge is 0.497 e. The first-order valence-electron chi connectivity index (χ1n) is 9.55. The monoisotopic (exact) mass is 391 g/mol. The second-order valence-electron chi connectivity index (χ2n) is 6.35. The molecule has 3 rings (SSSR count). The van der Waals surface area contributed by atoms with E-state index < -0.39 is 0 Å². The maximum absolute atomic E-state index is 12.6. The highest BCUT2D eigenvalue weighted by molar-refractivity contribution is 6.03. The van der Waals surface area contributed by atoms with Crippen molar-refractivity contribution in [3.63, 3.8) is 0 Å². The average Bonchev–Trinajstić information content (AvgIpc) is 2.77. The quantitative estimate of drug-likeness (QED) is 0.529. The van der Waals surface area contributed by atoms with Gasteiger partial charge in [0.2, 0.25) is 0 Å². The molecule has 0 fully saturated rings. The van der Waals surface area contributed by atoms with Gasteiger partial charge in [0.15, 0.2) is 0 Å². The molecule has 0 saturated heterocycles. The summed E-state index contributed by atoms with van der Waals surface area (Å²) in [6.07, 6.45) is 2.47. The van der Waals surface area contributed by atoms with Crippen LogP contribution in [0.2, 0.25) is 0 Å². The predicted octanol–water partition coefficient (Wildman–Crippen LogP) is 4.40. The molecule has 0 aliphatic heterocycles. The summed E-state index contributed by atoms with van der Waals surface area (Å²) in [6.45, 7) is 3.14. The number of hydrogen-bond donors (Lipinski definition) is 2. The molecule has 2 N–H and O–H groups in total. The molecule has 3 aromatic rings. The van der Waals surface area contributed by atoms with Gasteiger partial charge < -0.3 is 20.1 Å². The number of aryl methyl sites for hydroxylation is 1. The third-order valence-electron chi connectivity index (χ3n) is 4.40. The predicted molar refractivity (Wildman–Crippen MR) is 115 cm³/mol. The molecule has 1 amide bonds. The van der Waals surface area contributed by atoms with Crippen LogP contribution in [0.15, 0.2) is 66.9 Å². The minimum absolute atomic E-state index is 0.232. The molecular weight excluding hydrogens is 366 g/mol. The van der Waals surface area contributed by atoms with Gasteiger partial charge in [-0.3, -0.25) is 9.78 Å². The van der Waals surface area contributed by atoms with Crippen LogP contribution < -0.4 is 20.1 Å². The fourth-order valence-electron chi connectivity index (χ4n) is 2.84. The van der Waals surface area contributed by atoms with Gasteiger partial charge in [0, 0.05) is 24.1 Å². The van der Waals surface area contributed by atoms with E-state index in [0.717, 1.165) is 34.9 Å². The van der Waals surface area contributed by atoms with E-state index >= 15 is 0 Å². The van der Waals surface area contributed by atoms with Crippen molar-refractivity contribution in [2.24, 2.45) is 0 Å². The number of carbonyl (C=O) groups excluding carboxylic acids is 1. The molecule has 6 nitrogen and oxygen atoms in total. The molecule has 0 aliphatic carbocycles. The summed E-state index contributed by atoms with van der Waals surface area (Å²) in [7, 11) is 1.63. The van der Waals surface area contributed by atoms with Gasteiger partial charge in [0.1, 0.15) is 23.8 Å². The van der Waals surface area contributed by atoms with Crippen LogP contribution in [-0.4, -0.2) is 31.2 Å². The number of carbonyl (C=O) groups is 1. The zero-order valence-corrected chi connectivity index (χ0v) is 16.6. The van der Waals surface area contributed by atoms with Crippen molar-refractivity contribution < 1.29 is 14.3 Å². The van der Waals surface area contributed by atoms with Crippen molar-refractivity contribution in [3.8, 4) is 11.5 Å². The third kappa shape index (κ3) is 5.72. The lowest BCUT2D eigenvalue weighted by Gasteiger charge is -2.11. The molecule has 0 bridgehead atoms. The highest BCUT2D eigenvalue weighted by atomic mass is 16.5. The van der Waals surface area contributed by atoms with Crippen molar-refractivity contribution in [2.75, 3.05) is 30.9 Å². The van der Waals surface area contributed by atoms with E-state index in [4.69, 9.17) is 9.47 Å². The number of ether oxygens (including phenoxy) is 2. The van der Waals surface area contributed by atoms with Crippen LogP contribution in [0.5, 0.6) is 11.5 Å². The highest BCUT2D eigenvalue weighted by Gasteiger charge is 2.10. The number of aromatic nitrogens is 1. The third-order valence-corrected chi connectivity index (χ3v) is 4.40. The number of rotatable bonds is 9. The lowest BCUT2D eigenvalue weighted by Crippen LogP contribution is -2.16. The van der Waals surface area contributed by atoms with E-state index in [-0.39, 0.29) is 5.91 Å². The molecule has 0 unspecified atom stereocenters. The number of para-hydroxylation sites is 1. The molecule has 2 aromatic carbocycles. The minimum atomic E-state index is -0.232. The normalized spacial score (nSPS) is 10.3. The van der Waals surface area contributed by atoms with Crippen molar-refractivity contribution in [2.45, 2.75) is 13.3 Å². The smallest absolute Gasteiger partial charge is 0.274 e. The molecule has 29 heavy (non-hydrogen) atoms. The van der Waals surface area contributed by atoms with Crippen LogP contribution in [0.25, 0.3) is 0 Å². The Morgan fingerprint density at radius 3 is 2.55 bits per heavy atom. The zero-order valence-electron chi connectivity index (χ0n) is 16.6. The van der Waals surface area contributed by atoms with Crippen LogP contribution in [-0.2, 0) is 6.42 Å². The Morgan fingerprint density at radius 1 is 1.03 bits per heavy atom. The van der Waals surface area contributed by atoms with Crippen molar-refractivity contribution >= 4 is 17.3 Å². The number of hydrogen-bond acceptors (Lipinski definition) is 5. The number of methoxy groups -OCH3 is 1. The summed E-state index contributed by atoms with van der Waals surface area (Å²) in [5, 5.41) is 6.19. The molecule has 0 aliphatic rings. The molecule has 0 spiro atoms. The highest BCUT2D eigenvalue weighted by Crippen LogP contribution is 2.18. The Hall–Kier alpha value is -3.54. The lowest BCUT2D eigenvalue weighted by atomic mass is 10.1. The first-order chi connectivity index (χ1) is 14.2. The topological polar surface area (TPSA) is 72.5 Å². The fraction of sp³-hybridized carbons (Fsp3) is 0.217. The summed E-state index contributed by atoms with van der Waals surface area (Å²) in [4.78, 5) is 16.8. The Bertz CT molecular complexity index is 942. The van der Waals surface area contributed by atoms with E-state index in [9.17, 15) is 4.79 Å². The molecule has 1 heterocycles. The van der Waals surface area contributed by atoms with E-state index in [1.807, 2.05) is 54.6 Å². The molecule has 6 heteroatoms. The van der Waals surface area contributed by atoms with Crippen LogP contribution in [0.1, 0.15) is 23.0 Å². The van der Waals surface area contributed by atoms with Gasteiger partial charge in [-0.15, -0.1) is 0 Å². The van der Waals surface area contributed by atoms with Crippen LogP contribution in [0.4, 0.5) is 11.4 Å². The number of amides is 1. The maximum Gasteiger partial charge on any atom is 0.274 e. The Kier molecular flexibility index (Phi) is 7.05. The first kappa shape index (κ1) is 20.2. The number of nitrogens with one attached hydrogen (secondary N) is 2. The summed E-state index contributed by atoms with van der Waals surface area (Å²) in [5.74, 6) is 1.33. The Labute approximate surface area is 170 Å². The van der Waals surface area contributed by atoms with Gasteiger partial charge in [0.05, 0.1) is 7.11 Å². The molecule has 0 atom stereocenters. The Balaban J connectivity index is 1.52. The van der Waals surface area contributed by atoms with Gasteiger partial charge in [-0.25, -0.2) is 0 Å². The van der Waals surface area contributed by atoms with E-state index in [0.29, 0.717) is 18.8 Å². The summed E-state index contributed by atoms with van der Waals surface area (Å²) >= 11 is 0. The lowest BCUT2D eigenvalue weighted by molar-refractivity contribution is 0.102.